The normalized spacial score (nSPS) is 14.6. The van der Waals surface area contributed by atoms with Gasteiger partial charge in [-0.05, 0) is 43.7 Å². The molecule has 0 aromatic heterocycles. The second kappa shape index (κ2) is 11.1. The fraction of sp³-hybridized carbons (Fsp3) is 0.375. The highest BCUT2D eigenvalue weighted by molar-refractivity contribution is 6.31. The molecule has 0 radical (unpaired) electrons. The number of halogens is 1. The Labute approximate surface area is 198 Å². The second-order valence-corrected chi connectivity index (χ2v) is 8.89. The number of nitriles is 1. The van der Waals surface area contributed by atoms with E-state index in [0.29, 0.717) is 36.7 Å². The molecule has 4 N–H and O–H groups in total. The molecule has 3 rings (SSSR count). The molecule has 1 aliphatic rings. The van der Waals surface area contributed by atoms with Crippen LogP contribution in [0.25, 0.3) is 0 Å². The predicted octanol–water partition coefficient (Wildman–Crippen LogP) is 3.05. The number of aliphatic hydroxyl groups excluding tert-OH is 1. The van der Waals surface area contributed by atoms with Gasteiger partial charge in [-0.15, -0.1) is 0 Å². The lowest BCUT2D eigenvalue weighted by atomic mass is 10.0. The summed E-state index contributed by atoms with van der Waals surface area (Å²) in [5.41, 5.74) is 5.30. The Kier molecular flexibility index (Phi) is 8.28. The summed E-state index contributed by atoms with van der Waals surface area (Å²) in [5, 5.41) is 30.7. The van der Waals surface area contributed by atoms with Gasteiger partial charge in [0.25, 0.3) is 0 Å². The summed E-state index contributed by atoms with van der Waals surface area (Å²) in [5.74, 6) is 0.301. The van der Waals surface area contributed by atoms with Crippen molar-refractivity contribution >= 4 is 28.9 Å². The highest BCUT2D eigenvalue weighted by Crippen LogP contribution is 2.25. The van der Waals surface area contributed by atoms with E-state index in [1.54, 1.807) is 18.2 Å². The molecule has 9 heteroatoms. The number of hydrazone groups is 1. The maximum Gasteiger partial charge on any atom is 0.240 e. The van der Waals surface area contributed by atoms with Crippen molar-refractivity contribution in [1.82, 2.24) is 10.7 Å². The molecule has 1 aliphatic heterocycles. The molecular formula is C24H28ClN5O3. The zero-order valence-corrected chi connectivity index (χ0v) is 19.4. The minimum absolute atomic E-state index is 0.0390. The lowest BCUT2D eigenvalue weighted by Crippen LogP contribution is -2.49. The van der Waals surface area contributed by atoms with Crippen LogP contribution in [0.15, 0.2) is 47.6 Å². The van der Waals surface area contributed by atoms with E-state index in [4.69, 9.17) is 16.3 Å². The van der Waals surface area contributed by atoms with E-state index in [-0.39, 0.29) is 23.6 Å². The highest BCUT2D eigenvalue weighted by atomic mass is 35.5. The van der Waals surface area contributed by atoms with Gasteiger partial charge in [0.05, 0.1) is 10.7 Å². The van der Waals surface area contributed by atoms with E-state index < -0.39 is 6.10 Å². The largest absolute Gasteiger partial charge is 0.489 e. The fourth-order valence-corrected chi connectivity index (χ4v) is 3.43. The molecule has 0 bridgehead atoms. The second-order valence-electron chi connectivity index (χ2n) is 8.48. The molecule has 174 valence electrons. The third-order valence-electron chi connectivity index (χ3n) is 5.19. The zero-order chi connectivity index (χ0) is 23.8. The van der Waals surface area contributed by atoms with E-state index in [1.165, 1.54) is 0 Å². The number of carbonyl (C=O) groups excluding carboxylic acids is 1. The number of carbonyl (C=O) groups is 1. The van der Waals surface area contributed by atoms with Crippen molar-refractivity contribution in [3.63, 3.8) is 0 Å². The van der Waals surface area contributed by atoms with Gasteiger partial charge in [0.1, 0.15) is 30.1 Å². The maximum absolute atomic E-state index is 11.2. The molecule has 0 fully saturated rings. The van der Waals surface area contributed by atoms with Crippen LogP contribution in [0.2, 0.25) is 5.02 Å². The minimum Gasteiger partial charge on any atom is -0.489 e. The number of β-amino-alcohol motifs (C(OH)–C–C–N with tert-alkyl or cyclic N) is 1. The molecule has 1 amide bonds. The molecule has 0 saturated heterocycles. The molecule has 8 nitrogen and oxygen atoms in total. The van der Waals surface area contributed by atoms with Gasteiger partial charge in [-0.3, -0.25) is 4.79 Å². The summed E-state index contributed by atoms with van der Waals surface area (Å²) in [6.07, 6.45) is 0.330. The number of nitrogens with one attached hydrogen (secondary N) is 3. The van der Waals surface area contributed by atoms with Crippen LogP contribution in [0.3, 0.4) is 0 Å². The molecule has 1 heterocycles. The lowest BCUT2D eigenvalue weighted by molar-refractivity contribution is -0.121. The molecule has 0 aliphatic carbocycles. The molecule has 2 aromatic rings. The molecule has 1 atom stereocenters. The standard InChI is InChI=1S/C24H28ClN5O3/c1-24(2,28-13-18(31)14-33-22-5-3-4-20(25)19(22)12-26)15-27-17-8-6-16(7-9-17)21-10-11-23(32)30-29-21/h3-9,18,27-28,31H,10-11,13-15H2,1-2H3,(H,30,32). The first-order chi connectivity index (χ1) is 15.8. The van der Waals surface area contributed by atoms with E-state index in [1.807, 2.05) is 44.2 Å². The van der Waals surface area contributed by atoms with Gasteiger partial charge in [-0.1, -0.05) is 29.8 Å². The van der Waals surface area contributed by atoms with Crippen molar-refractivity contribution < 1.29 is 14.6 Å². The Morgan fingerprint density at radius 2 is 2.03 bits per heavy atom. The van der Waals surface area contributed by atoms with E-state index in [0.717, 1.165) is 17.0 Å². The van der Waals surface area contributed by atoms with Crippen molar-refractivity contribution in [2.24, 2.45) is 5.10 Å². The van der Waals surface area contributed by atoms with Gasteiger partial charge in [0.2, 0.25) is 5.91 Å². The molecule has 0 saturated carbocycles. The number of hydrogen-bond acceptors (Lipinski definition) is 7. The van der Waals surface area contributed by atoms with Crippen LogP contribution in [0.1, 0.15) is 37.8 Å². The smallest absolute Gasteiger partial charge is 0.240 e. The van der Waals surface area contributed by atoms with Crippen LogP contribution in [-0.2, 0) is 4.79 Å². The van der Waals surface area contributed by atoms with Crippen LogP contribution >= 0.6 is 11.6 Å². The summed E-state index contributed by atoms with van der Waals surface area (Å²) < 4.78 is 5.59. The van der Waals surface area contributed by atoms with Crippen LogP contribution < -0.4 is 20.8 Å². The van der Waals surface area contributed by atoms with Gasteiger partial charge >= 0.3 is 0 Å². The van der Waals surface area contributed by atoms with E-state index >= 15 is 0 Å². The Bertz CT molecular complexity index is 1050. The number of aliphatic hydroxyl groups is 1. The maximum atomic E-state index is 11.2. The monoisotopic (exact) mass is 469 g/mol. The van der Waals surface area contributed by atoms with Gasteiger partial charge in [0.15, 0.2) is 0 Å². The SMILES string of the molecule is CC(C)(CNc1ccc(C2=NNC(=O)CC2)cc1)NCC(O)COc1cccc(Cl)c1C#N. The number of benzene rings is 2. The first-order valence-corrected chi connectivity index (χ1v) is 11.1. The summed E-state index contributed by atoms with van der Waals surface area (Å²) in [4.78, 5) is 11.2. The Morgan fingerprint density at radius 3 is 2.70 bits per heavy atom. The summed E-state index contributed by atoms with van der Waals surface area (Å²) in [6.45, 7) is 5.06. The molecule has 33 heavy (non-hydrogen) atoms. The summed E-state index contributed by atoms with van der Waals surface area (Å²) in [7, 11) is 0. The van der Waals surface area contributed by atoms with Crippen molar-refractivity contribution in [3.05, 3.63) is 58.6 Å². The van der Waals surface area contributed by atoms with Crippen LogP contribution in [0.4, 0.5) is 5.69 Å². The van der Waals surface area contributed by atoms with Crippen molar-refractivity contribution in [3.8, 4) is 11.8 Å². The Hall–Kier alpha value is -3.12. The Balaban J connectivity index is 1.44. The van der Waals surface area contributed by atoms with E-state index in [2.05, 4.69) is 21.2 Å². The van der Waals surface area contributed by atoms with Gasteiger partial charge in [-0.25, -0.2) is 5.43 Å². The Morgan fingerprint density at radius 1 is 1.27 bits per heavy atom. The van der Waals surface area contributed by atoms with Crippen molar-refractivity contribution in [2.45, 2.75) is 38.3 Å². The fourth-order valence-electron chi connectivity index (χ4n) is 3.22. The predicted molar refractivity (Wildman–Crippen MR) is 129 cm³/mol. The van der Waals surface area contributed by atoms with Gasteiger partial charge < -0.3 is 20.5 Å². The van der Waals surface area contributed by atoms with Crippen LogP contribution in [-0.4, -0.2) is 48.1 Å². The van der Waals surface area contributed by atoms with Crippen LogP contribution in [0, 0.1) is 11.3 Å². The number of amides is 1. The number of rotatable bonds is 10. The molecule has 0 spiro atoms. The third-order valence-corrected chi connectivity index (χ3v) is 5.51. The highest BCUT2D eigenvalue weighted by Gasteiger charge is 2.19. The van der Waals surface area contributed by atoms with Crippen LogP contribution in [0.5, 0.6) is 5.75 Å². The zero-order valence-electron chi connectivity index (χ0n) is 18.7. The number of nitrogens with zero attached hydrogens (tertiary/aromatic N) is 2. The van der Waals surface area contributed by atoms with Crippen molar-refractivity contribution in [1.29, 1.82) is 5.26 Å². The molecule has 2 aromatic carbocycles. The minimum atomic E-state index is -0.758. The van der Waals surface area contributed by atoms with E-state index in [9.17, 15) is 15.2 Å². The first kappa shape index (κ1) is 24.5. The number of ether oxygens (including phenoxy) is 1. The topological polar surface area (TPSA) is 119 Å². The lowest BCUT2D eigenvalue weighted by Gasteiger charge is -2.28. The summed E-state index contributed by atoms with van der Waals surface area (Å²) in [6, 6.07) is 14.9. The van der Waals surface area contributed by atoms with Crippen molar-refractivity contribution in [2.75, 3.05) is 25.0 Å². The molecular weight excluding hydrogens is 442 g/mol. The number of anilines is 1. The third kappa shape index (κ3) is 7.19. The average molecular weight is 470 g/mol. The quantitative estimate of drug-likeness (QED) is 0.424. The molecule has 1 unspecified atom stereocenters. The number of hydrogen-bond donors (Lipinski definition) is 4. The van der Waals surface area contributed by atoms with Gasteiger partial charge in [-0.2, -0.15) is 10.4 Å². The average Bonchev–Trinajstić information content (AvgIpc) is 2.81. The van der Waals surface area contributed by atoms with Gasteiger partial charge in [0, 0.05) is 37.2 Å². The summed E-state index contributed by atoms with van der Waals surface area (Å²) >= 11 is 6.00. The first-order valence-electron chi connectivity index (χ1n) is 10.7.